The lowest BCUT2D eigenvalue weighted by molar-refractivity contribution is 0.476. The number of aryl methyl sites for hydroxylation is 3. The fourth-order valence-electron chi connectivity index (χ4n) is 3.29. The summed E-state index contributed by atoms with van der Waals surface area (Å²) in [5.41, 5.74) is 4.22. The highest BCUT2D eigenvalue weighted by Crippen LogP contribution is 2.42. The van der Waals surface area contributed by atoms with Gasteiger partial charge in [-0.25, -0.2) is 9.97 Å². The van der Waals surface area contributed by atoms with Crippen LogP contribution in [0.1, 0.15) is 23.1 Å². The molecule has 1 N–H and O–H groups in total. The molecule has 24 heavy (non-hydrogen) atoms. The van der Waals surface area contributed by atoms with Crippen LogP contribution in [0.4, 0.5) is 17.3 Å². The summed E-state index contributed by atoms with van der Waals surface area (Å²) in [5, 5.41) is 10.4. The molecule has 0 spiro atoms. The van der Waals surface area contributed by atoms with Crippen LogP contribution in [0.15, 0.2) is 54.9 Å². The third kappa shape index (κ3) is 2.50. The number of rotatable bonds is 1. The van der Waals surface area contributed by atoms with E-state index in [0.29, 0.717) is 5.69 Å². The Morgan fingerprint density at radius 1 is 0.958 bits per heavy atom. The fraction of sp³-hybridized carbons (Fsp3) is 0.200. The van der Waals surface area contributed by atoms with Crippen molar-refractivity contribution in [3.05, 3.63) is 71.5 Å². The number of aromatic hydroxyl groups is 1. The first-order chi connectivity index (χ1) is 11.7. The molecule has 3 aromatic rings. The molecule has 0 bridgehead atoms. The lowest BCUT2D eigenvalue weighted by Gasteiger charge is -2.29. The van der Waals surface area contributed by atoms with E-state index in [4.69, 9.17) is 4.98 Å². The van der Waals surface area contributed by atoms with Crippen LogP contribution in [-0.4, -0.2) is 15.1 Å². The van der Waals surface area contributed by atoms with Gasteiger partial charge in [-0.05, 0) is 61.1 Å². The molecule has 120 valence electrons. The molecule has 4 nitrogen and oxygen atoms in total. The molecule has 2 aromatic heterocycles. The number of fused-ring (bicyclic) bond motifs is 2. The predicted molar refractivity (Wildman–Crippen MR) is 95.1 cm³/mol. The van der Waals surface area contributed by atoms with Crippen molar-refractivity contribution in [3.8, 4) is 5.75 Å². The molecule has 3 heterocycles. The molecule has 1 aromatic carbocycles. The van der Waals surface area contributed by atoms with E-state index >= 15 is 0 Å². The van der Waals surface area contributed by atoms with Crippen molar-refractivity contribution in [1.29, 1.82) is 0 Å². The van der Waals surface area contributed by atoms with Crippen LogP contribution >= 0.6 is 0 Å². The summed E-state index contributed by atoms with van der Waals surface area (Å²) in [6.45, 7) is 2.06. The van der Waals surface area contributed by atoms with E-state index in [9.17, 15) is 5.11 Å². The lowest BCUT2D eigenvalue weighted by atomic mass is 10.00. The Morgan fingerprint density at radius 2 is 1.75 bits per heavy atom. The number of nitrogens with zero attached hydrogens (tertiary/aromatic N) is 3. The van der Waals surface area contributed by atoms with Gasteiger partial charge in [-0.3, -0.25) is 4.90 Å². The van der Waals surface area contributed by atoms with Crippen molar-refractivity contribution in [1.82, 2.24) is 9.97 Å². The van der Waals surface area contributed by atoms with E-state index < -0.39 is 0 Å². The average Bonchev–Trinajstić information content (AvgIpc) is 2.58. The van der Waals surface area contributed by atoms with Crippen LogP contribution in [0.2, 0.25) is 0 Å². The highest BCUT2D eigenvalue weighted by Gasteiger charge is 2.24. The topological polar surface area (TPSA) is 49.2 Å². The van der Waals surface area contributed by atoms with E-state index in [-0.39, 0.29) is 5.75 Å². The Labute approximate surface area is 141 Å². The van der Waals surface area contributed by atoms with Gasteiger partial charge in [0.05, 0.1) is 5.69 Å². The number of phenolic OH excluding ortho intramolecular Hbond substituents is 1. The Balaban J connectivity index is 2.01. The highest BCUT2D eigenvalue weighted by molar-refractivity contribution is 5.79. The minimum Gasteiger partial charge on any atom is -0.506 e. The number of phenols is 1. The smallest absolute Gasteiger partial charge is 0.142 e. The fourth-order valence-corrected chi connectivity index (χ4v) is 3.29. The molecule has 0 atom stereocenters. The summed E-state index contributed by atoms with van der Waals surface area (Å²) in [6, 6.07) is 13.6. The molecule has 0 fully saturated rings. The number of aromatic nitrogens is 2. The molecule has 0 amide bonds. The number of hydrogen-bond donors (Lipinski definition) is 1. The largest absolute Gasteiger partial charge is 0.506 e. The van der Waals surface area contributed by atoms with Crippen molar-refractivity contribution >= 4 is 17.3 Å². The number of hydrogen-bond acceptors (Lipinski definition) is 4. The van der Waals surface area contributed by atoms with Crippen LogP contribution < -0.4 is 4.90 Å². The Hall–Kier alpha value is -2.88. The van der Waals surface area contributed by atoms with Crippen molar-refractivity contribution in [3.63, 3.8) is 0 Å². The molecule has 0 radical (unpaired) electrons. The zero-order valence-electron chi connectivity index (χ0n) is 13.6. The second-order valence-corrected chi connectivity index (χ2v) is 6.16. The van der Waals surface area contributed by atoms with Gasteiger partial charge in [-0.15, -0.1) is 0 Å². The number of benzene rings is 1. The maximum Gasteiger partial charge on any atom is 0.142 e. The minimum atomic E-state index is 0.225. The maximum absolute atomic E-state index is 10.4. The van der Waals surface area contributed by atoms with Gasteiger partial charge in [0.25, 0.3) is 0 Å². The maximum atomic E-state index is 10.4. The molecular formula is C20H19N3O. The minimum absolute atomic E-state index is 0.225. The zero-order valence-corrected chi connectivity index (χ0v) is 13.6. The Morgan fingerprint density at radius 3 is 2.62 bits per heavy atom. The number of para-hydroxylation sites is 2. The van der Waals surface area contributed by atoms with E-state index in [2.05, 4.69) is 24.0 Å². The molecular weight excluding hydrogens is 298 g/mol. The van der Waals surface area contributed by atoms with Gasteiger partial charge in [0.15, 0.2) is 0 Å². The van der Waals surface area contributed by atoms with Gasteiger partial charge in [0.1, 0.15) is 17.4 Å². The third-order valence-corrected chi connectivity index (χ3v) is 4.39. The Kier molecular flexibility index (Phi) is 3.65. The van der Waals surface area contributed by atoms with Gasteiger partial charge >= 0.3 is 0 Å². The van der Waals surface area contributed by atoms with Gasteiger partial charge in [0, 0.05) is 12.4 Å². The van der Waals surface area contributed by atoms with Crippen molar-refractivity contribution in [2.75, 3.05) is 4.90 Å². The lowest BCUT2D eigenvalue weighted by Crippen LogP contribution is -2.19. The molecule has 0 unspecified atom stereocenters. The molecule has 0 saturated carbocycles. The first-order valence-electron chi connectivity index (χ1n) is 8.21. The second kappa shape index (κ2) is 5.96. The van der Waals surface area contributed by atoms with Crippen LogP contribution in [-0.2, 0) is 12.8 Å². The van der Waals surface area contributed by atoms with Crippen LogP contribution in [0.5, 0.6) is 5.75 Å². The van der Waals surface area contributed by atoms with Crippen LogP contribution in [0.3, 0.4) is 0 Å². The molecule has 1 aliphatic rings. The van der Waals surface area contributed by atoms with Gasteiger partial charge in [0.2, 0.25) is 0 Å². The van der Waals surface area contributed by atoms with E-state index in [1.165, 1.54) is 11.1 Å². The second-order valence-electron chi connectivity index (χ2n) is 6.16. The molecule has 4 rings (SSSR count). The first-order valence-corrected chi connectivity index (χ1v) is 8.21. The Bertz CT molecular complexity index is 892. The zero-order chi connectivity index (χ0) is 16.5. The van der Waals surface area contributed by atoms with E-state index in [1.807, 2.05) is 35.4 Å². The molecule has 0 saturated heterocycles. The quantitative estimate of drug-likeness (QED) is 0.720. The summed E-state index contributed by atoms with van der Waals surface area (Å²) in [7, 11) is 0. The molecule has 1 aliphatic heterocycles. The standard InChI is InChI=1S/C20H19N3O/c1-14-12-16-7-4-6-15-8-5-11-21-19(15)23(20(16)22-13-14)17-9-2-3-10-18(17)24/h2-3,5,8-13,24H,4,6-7H2,1H3. The van der Waals surface area contributed by atoms with Crippen molar-refractivity contribution in [2.24, 2.45) is 0 Å². The van der Waals surface area contributed by atoms with E-state index in [1.54, 1.807) is 12.3 Å². The summed E-state index contributed by atoms with van der Waals surface area (Å²) < 4.78 is 0. The summed E-state index contributed by atoms with van der Waals surface area (Å²) in [5.74, 6) is 1.92. The third-order valence-electron chi connectivity index (χ3n) is 4.39. The van der Waals surface area contributed by atoms with Crippen molar-refractivity contribution in [2.45, 2.75) is 26.2 Å². The monoisotopic (exact) mass is 317 g/mol. The van der Waals surface area contributed by atoms with Crippen molar-refractivity contribution < 1.29 is 5.11 Å². The highest BCUT2D eigenvalue weighted by atomic mass is 16.3. The molecule has 0 aliphatic carbocycles. The predicted octanol–water partition coefficient (Wildman–Crippen LogP) is 4.45. The summed E-state index contributed by atoms with van der Waals surface area (Å²) in [6.07, 6.45) is 6.64. The SMILES string of the molecule is Cc1cnc2c(c1)CCCc1cccnc1N2c1ccccc1O. The van der Waals surface area contributed by atoms with Gasteiger partial charge in [-0.2, -0.15) is 0 Å². The normalized spacial score (nSPS) is 13.6. The van der Waals surface area contributed by atoms with Crippen LogP contribution in [0.25, 0.3) is 0 Å². The van der Waals surface area contributed by atoms with E-state index in [0.717, 1.165) is 36.5 Å². The van der Waals surface area contributed by atoms with Gasteiger partial charge in [-0.1, -0.05) is 24.3 Å². The number of anilines is 3. The summed E-state index contributed by atoms with van der Waals surface area (Å²) >= 11 is 0. The summed E-state index contributed by atoms with van der Waals surface area (Å²) in [4.78, 5) is 11.3. The molecule has 4 heteroatoms. The average molecular weight is 317 g/mol. The van der Waals surface area contributed by atoms with Gasteiger partial charge < -0.3 is 5.11 Å². The van der Waals surface area contributed by atoms with Crippen LogP contribution in [0, 0.1) is 6.92 Å². The first kappa shape index (κ1) is 14.7. The number of pyridine rings is 2.